The number of fused-ring (bicyclic) bond motifs is 2. The van der Waals surface area contributed by atoms with Crippen molar-refractivity contribution >= 4 is 28.4 Å². The van der Waals surface area contributed by atoms with Crippen LogP contribution in [0.2, 0.25) is 0 Å². The maximum absolute atomic E-state index is 13.1. The van der Waals surface area contributed by atoms with Gasteiger partial charge in [-0.05, 0) is 64.2 Å². The van der Waals surface area contributed by atoms with E-state index in [4.69, 9.17) is 14.6 Å². The number of carbonyl (C=O) groups excluding carboxylic acids is 1. The summed E-state index contributed by atoms with van der Waals surface area (Å²) in [6.07, 6.45) is 9.72. The largest absolute Gasteiger partial charge is 0.444 e. The first-order valence-corrected chi connectivity index (χ1v) is 16.1. The van der Waals surface area contributed by atoms with Crippen molar-refractivity contribution in [2.75, 3.05) is 37.5 Å². The molecule has 1 saturated heterocycles. The minimum absolute atomic E-state index is 0.273. The van der Waals surface area contributed by atoms with Crippen molar-refractivity contribution in [3.05, 3.63) is 41.3 Å². The molecule has 0 N–H and O–H groups in total. The first-order valence-electron chi connectivity index (χ1n) is 14.5. The van der Waals surface area contributed by atoms with Crippen LogP contribution in [0.5, 0.6) is 0 Å². The Morgan fingerprint density at radius 3 is 2.61 bits per heavy atom. The zero-order valence-corrected chi connectivity index (χ0v) is 25.5. The Balaban J connectivity index is 1.44. The van der Waals surface area contributed by atoms with Crippen LogP contribution in [-0.2, 0) is 46.7 Å². The number of rotatable bonds is 4. The summed E-state index contributed by atoms with van der Waals surface area (Å²) in [5, 5.41) is 9.63. The lowest BCUT2D eigenvalue weighted by Crippen LogP contribution is -2.40. The predicted octanol–water partition coefficient (Wildman–Crippen LogP) is 4.75. The van der Waals surface area contributed by atoms with Gasteiger partial charge in [0.1, 0.15) is 5.60 Å². The van der Waals surface area contributed by atoms with Crippen molar-refractivity contribution in [3.63, 3.8) is 0 Å². The second-order valence-electron chi connectivity index (χ2n) is 12.3. The van der Waals surface area contributed by atoms with Gasteiger partial charge in [0.15, 0.2) is 5.82 Å². The normalized spacial score (nSPS) is 18.7. The maximum Gasteiger partial charge on any atom is 0.410 e. The van der Waals surface area contributed by atoms with E-state index in [1.807, 2.05) is 40.2 Å². The monoisotopic (exact) mass is 580 g/mol. The molecule has 3 aromatic rings. The smallest absolute Gasteiger partial charge is 0.410 e. The summed E-state index contributed by atoms with van der Waals surface area (Å²) in [7, 11) is 0.697. The Labute approximate surface area is 244 Å². The Morgan fingerprint density at radius 1 is 1.15 bits per heavy atom. The van der Waals surface area contributed by atoms with Crippen molar-refractivity contribution in [1.82, 2.24) is 24.5 Å². The molecule has 1 atom stereocenters. The number of benzene rings is 1. The van der Waals surface area contributed by atoms with Crippen molar-refractivity contribution in [3.8, 4) is 11.1 Å². The second kappa shape index (κ2) is 10.9. The van der Waals surface area contributed by atoms with Crippen molar-refractivity contribution < 1.29 is 18.5 Å². The molecule has 11 heteroatoms. The molecule has 0 spiro atoms. The fourth-order valence-electron chi connectivity index (χ4n) is 6.22. The number of ether oxygens (including phenoxy) is 2. The average Bonchev–Trinajstić information content (AvgIpc) is 3.55. The number of carbonyl (C=O) groups is 1. The molecular weight excluding hydrogens is 540 g/mol. The van der Waals surface area contributed by atoms with E-state index in [0.29, 0.717) is 13.1 Å². The Hall–Kier alpha value is -3.18. The minimum Gasteiger partial charge on any atom is -0.444 e. The first kappa shape index (κ1) is 28.0. The number of nitrogens with zero attached hydrogens (tertiary/aromatic N) is 6. The van der Waals surface area contributed by atoms with Crippen LogP contribution in [0.25, 0.3) is 11.1 Å². The Kier molecular flexibility index (Phi) is 7.44. The van der Waals surface area contributed by atoms with E-state index in [2.05, 4.69) is 26.8 Å². The summed E-state index contributed by atoms with van der Waals surface area (Å²) in [5.74, 6) is 0.891. The topological polar surface area (TPSA) is 94.7 Å². The zero-order chi connectivity index (χ0) is 28.9. The zero-order valence-electron chi connectivity index (χ0n) is 24.7. The second-order valence-corrected chi connectivity index (χ2v) is 13.6. The third kappa shape index (κ3) is 5.53. The highest BCUT2D eigenvalue weighted by atomic mass is 32.2. The van der Waals surface area contributed by atoms with Gasteiger partial charge in [0, 0.05) is 85.2 Å². The molecule has 3 aliphatic rings. The van der Waals surface area contributed by atoms with Crippen molar-refractivity contribution in [2.24, 2.45) is 7.05 Å². The molecule has 0 aliphatic carbocycles. The fraction of sp³-hybridized carbons (Fsp3) is 0.567. The molecule has 1 aromatic carbocycles. The van der Waals surface area contributed by atoms with Crippen LogP contribution in [0, 0.1) is 0 Å². The third-order valence-corrected chi connectivity index (χ3v) is 9.09. The van der Waals surface area contributed by atoms with Gasteiger partial charge in [-0.2, -0.15) is 10.2 Å². The molecule has 10 nitrogen and oxygen atoms in total. The van der Waals surface area contributed by atoms with E-state index < -0.39 is 16.4 Å². The molecule has 0 radical (unpaired) electrons. The molecule has 0 bridgehead atoms. The number of hydrogen-bond acceptors (Lipinski definition) is 7. The summed E-state index contributed by atoms with van der Waals surface area (Å²) in [5.41, 5.74) is 5.90. The van der Waals surface area contributed by atoms with Crippen LogP contribution in [0.3, 0.4) is 0 Å². The molecule has 1 fully saturated rings. The molecule has 2 aromatic heterocycles. The van der Waals surface area contributed by atoms with Crippen molar-refractivity contribution in [2.45, 2.75) is 76.0 Å². The summed E-state index contributed by atoms with van der Waals surface area (Å²) >= 11 is 0. The van der Waals surface area contributed by atoms with Crippen LogP contribution in [0.1, 0.15) is 62.9 Å². The van der Waals surface area contributed by atoms with Gasteiger partial charge >= 0.3 is 6.09 Å². The Morgan fingerprint density at radius 2 is 1.93 bits per heavy atom. The first-order chi connectivity index (χ1) is 19.6. The van der Waals surface area contributed by atoms with Crippen LogP contribution in [0.4, 0.5) is 16.3 Å². The number of aryl methyl sites for hydroxylation is 2. The van der Waals surface area contributed by atoms with E-state index >= 15 is 0 Å². The van der Waals surface area contributed by atoms with E-state index in [1.54, 1.807) is 15.8 Å². The predicted molar refractivity (Wildman–Crippen MR) is 158 cm³/mol. The van der Waals surface area contributed by atoms with E-state index in [0.717, 1.165) is 85.0 Å². The molecule has 0 saturated carbocycles. The van der Waals surface area contributed by atoms with E-state index in [1.165, 1.54) is 11.3 Å². The highest BCUT2D eigenvalue weighted by molar-refractivity contribution is 7.84. The highest BCUT2D eigenvalue weighted by Crippen LogP contribution is 2.42. The van der Waals surface area contributed by atoms with Crippen LogP contribution >= 0.6 is 0 Å². The third-order valence-electron chi connectivity index (χ3n) is 8.13. The fourth-order valence-corrected chi connectivity index (χ4v) is 6.98. The summed E-state index contributed by atoms with van der Waals surface area (Å²) in [6, 6.07) is 4.54. The van der Waals surface area contributed by atoms with Gasteiger partial charge in [-0.15, -0.1) is 0 Å². The van der Waals surface area contributed by atoms with Crippen LogP contribution < -0.4 is 4.90 Å². The molecule has 1 amide bonds. The van der Waals surface area contributed by atoms with E-state index in [-0.39, 0.29) is 12.1 Å². The molecule has 1 unspecified atom stereocenters. The summed E-state index contributed by atoms with van der Waals surface area (Å²) in [4.78, 5) is 18.0. The molecule has 3 aliphatic heterocycles. The maximum atomic E-state index is 13.1. The molecule has 41 heavy (non-hydrogen) atoms. The van der Waals surface area contributed by atoms with E-state index in [9.17, 15) is 9.00 Å². The number of anilines is 2. The average molecular weight is 581 g/mol. The Bertz CT molecular complexity index is 1480. The lowest BCUT2D eigenvalue weighted by Gasteiger charge is -2.34. The SMILES string of the molecule is Cn1cc(-c2cc3c(cc2S(C)=O)N(c2nn(C4CCOCC4)c4c2CN(C(=O)OC(C)(C)C)CC4)CCC3)cn1. The van der Waals surface area contributed by atoms with Gasteiger partial charge in [-0.1, -0.05) is 0 Å². The number of amides is 1. The molecule has 5 heterocycles. The summed E-state index contributed by atoms with van der Waals surface area (Å²) in [6.45, 7) is 9.01. The standard InChI is InChI=1S/C30H40N6O4S/c1-30(2,3)40-29(37)34-12-8-25-24(19-34)28(32-36(25)22-9-13-39-14-10-22)35-11-6-7-20-15-23(21-17-31-33(4)18-21)27(41(5)38)16-26(20)35/h15-18,22H,6-14,19H2,1-5H3. The van der Waals surface area contributed by atoms with Crippen molar-refractivity contribution in [1.29, 1.82) is 0 Å². The highest BCUT2D eigenvalue weighted by Gasteiger charge is 2.35. The molecule has 220 valence electrons. The lowest BCUT2D eigenvalue weighted by molar-refractivity contribution is 0.0221. The van der Waals surface area contributed by atoms with Crippen LogP contribution in [-0.4, -0.2) is 72.9 Å². The van der Waals surface area contributed by atoms with Gasteiger partial charge in [0.2, 0.25) is 0 Å². The van der Waals surface area contributed by atoms with Gasteiger partial charge in [0.05, 0.1) is 29.6 Å². The quantitative estimate of drug-likeness (QED) is 0.440. The molecule has 6 rings (SSSR count). The van der Waals surface area contributed by atoms with Crippen LogP contribution in [0.15, 0.2) is 29.4 Å². The van der Waals surface area contributed by atoms with Gasteiger partial charge < -0.3 is 19.3 Å². The van der Waals surface area contributed by atoms with Gasteiger partial charge in [-0.3, -0.25) is 13.6 Å². The number of hydrogen-bond donors (Lipinski definition) is 0. The summed E-state index contributed by atoms with van der Waals surface area (Å²) < 4.78 is 28.4. The minimum atomic E-state index is -1.20. The molecular formula is C30H40N6O4S. The van der Waals surface area contributed by atoms with Gasteiger partial charge in [-0.25, -0.2) is 4.79 Å². The van der Waals surface area contributed by atoms with Gasteiger partial charge in [0.25, 0.3) is 0 Å². The lowest BCUT2D eigenvalue weighted by atomic mass is 9.96. The number of aromatic nitrogens is 4.